The zero-order chi connectivity index (χ0) is 12.5. The monoisotopic (exact) mass is 260 g/mol. The maximum Gasteiger partial charge on any atom is 0.348 e. The number of H-pyrrole nitrogens is 1. The summed E-state index contributed by atoms with van der Waals surface area (Å²) in [6.45, 7) is 0. The Morgan fingerprint density at radius 1 is 1.44 bits per heavy atom. The topological polar surface area (TPSA) is 102 Å². The summed E-state index contributed by atoms with van der Waals surface area (Å²) in [5, 5.41) is 6.93. The van der Waals surface area contributed by atoms with E-state index in [9.17, 15) is 4.79 Å². The molecular formula is C10H8N6OS. The molecule has 8 heteroatoms. The van der Waals surface area contributed by atoms with Crippen molar-refractivity contribution in [2.24, 2.45) is 0 Å². The van der Waals surface area contributed by atoms with Crippen LogP contribution in [0.1, 0.15) is 0 Å². The number of nitrogen functional groups attached to an aromatic ring is 1. The van der Waals surface area contributed by atoms with E-state index in [0.29, 0.717) is 16.4 Å². The lowest BCUT2D eigenvalue weighted by molar-refractivity contribution is 0.963. The van der Waals surface area contributed by atoms with Crippen LogP contribution in [0.3, 0.4) is 0 Å². The summed E-state index contributed by atoms with van der Waals surface area (Å²) < 4.78 is 1.33. The molecule has 0 bridgehead atoms. The van der Waals surface area contributed by atoms with Crippen molar-refractivity contribution in [2.75, 3.05) is 5.73 Å². The number of anilines is 1. The number of aromatic nitrogens is 5. The van der Waals surface area contributed by atoms with Crippen LogP contribution in [0.4, 0.5) is 5.69 Å². The van der Waals surface area contributed by atoms with E-state index in [2.05, 4.69) is 20.2 Å². The van der Waals surface area contributed by atoms with Crippen molar-refractivity contribution in [3.8, 4) is 0 Å². The molecule has 0 unspecified atom stereocenters. The van der Waals surface area contributed by atoms with Gasteiger partial charge < -0.3 is 5.73 Å². The van der Waals surface area contributed by atoms with Gasteiger partial charge in [-0.1, -0.05) is 11.8 Å². The molecule has 0 aliphatic heterocycles. The Morgan fingerprint density at radius 3 is 3.17 bits per heavy atom. The van der Waals surface area contributed by atoms with Gasteiger partial charge in [-0.3, -0.25) is 4.98 Å². The average Bonchev–Trinajstić information content (AvgIpc) is 2.74. The number of hydrogen-bond donors (Lipinski definition) is 2. The van der Waals surface area contributed by atoms with Gasteiger partial charge in [0, 0.05) is 17.2 Å². The third kappa shape index (κ3) is 1.82. The van der Waals surface area contributed by atoms with Crippen LogP contribution in [0.2, 0.25) is 0 Å². The number of pyridine rings is 1. The molecular weight excluding hydrogens is 252 g/mol. The molecule has 0 saturated heterocycles. The Labute approximate surface area is 105 Å². The highest BCUT2D eigenvalue weighted by atomic mass is 32.2. The minimum atomic E-state index is -0.308. The van der Waals surface area contributed by atoms with Gasteiger partial charge in [0.25, 0.3) is 0 Å². The lowest BCUT2D eigenvalue weighted by atomic mass is 10.4. The molecule has 3 rings (SSSR count). The van der Waals surface area contributed by atoms with E-state index in [-0.39, 0.29) is 5.69 Å². The highest BCUT2D eigenvalue weighted by molar-refractivity contribution is 7.99. The second-order valence-electron chi connectivity index (χ2n) is 3.50. The van der Waals surface area contributed by atoms with Gasteiger partial charge in [0.1, 0.15) is 11.4 Å². The third-order valence-corrected chi connectivity index (χ3v) is 3.33. The van der Waals surface area contributed by atoms with Gasteiger partial charge in [-0.15, -0.1) is 0 Å². The van der Waals surface area contributed by atoms with Crippen LogP contribution in [0.5, 0.6) is 0 Å². The van der Waals surface area contributed by atoms with Crippen molar-refractivity contribution in [1.82, 2.24) is 24.6 Å². The molecule has 0 aliphatic rings. The second kappa shape index (κ2) is 4.15. The zero-order valence-corrected chi connectivity index (χ0v) is 9.89. The first kappa shape index (κ1) is 10.8. The van der Waals surface area contributed by atoms with Crippen molar-refractivity contribution in [3.05, 3.63) is 41.3 Å². The molecule has 0 aliphatic carbocycles. The number of fused-ring (bicyclic) bond motifs is 1. The van der Waals surface area contributed by atoms with Crippen LogP contribution < -0.4 is 11.4 Å². The van der Waals surface area contributed by atoms with E-state index in [1.807, 2.05) is 6.07 Å². The molecule has 3 aromatic rings. The van der Waals surface area contributed by atoms with E-state index in [1.165, 1.54) is 22.5 Å². The zero-order valence-electron chi connectivity index (χ0n) is 9.07. The number of nitrogens with two attached hydrogens (primary N) is 1. The smallest absolute Gasteiger partial charge is 0.348 e. The van der Waals surface area contributed by atoms with Gasteiger partial charge >= 0.3 is 5.69 Å². The summed E-state index contributed by atoms with van der Waals surface area (Å²) >= 11 is 1.39. The Kier molecular flexibility index (Phi) is 2.49. The summed E-state index contributed by atoms with van der Waals surface area (Å²) in [6.07, 6.45) is 4.68. The molecule has 0 spiro atoms. The lowest BCUT2D eigenvalue weighted by Crippen LogP contribution is -2.09. The van der Waals surface area contributed by atoms with E-state index in [4.69, 9.17) is 5.73 Å². The number of rotatable bonds is 2. The van der Waals surface area contributed by atoms with Crippen molar-refractivity contribution < 1.29 is 0 Å². The number of aromatic amines is 1. The van der Waals surface area contributed by atoms with Gasteiger partial charge in [-0.25, -0.2) is 19.3 Å². The fraction of sp³-hybridized carbons (Fsp3) is 0. The Morgan fingerprint density at radius 2 is 2.33 bits per heavy atom. The SMILES string of the molecule is Nc1cnccc1Sc1cc2n[nH]c(=O)n2cn1. The van der Waals surface area contributed by atoms with Crippen molar-refractivity contribution in [3.63, 3.8) is 0 Å². The fourth-order valence-electron chi connectivity index (χ4n) is 1.45. The lowest BCUT2D eigenvalue weighted by Gasteiger charge is -2.03. The summed E-state index contributed by atoms with van der Waals surface area (Å²) in [5.74, 6) is 0. The molecule has 90 valence electrons. The molecule has 0 fully saturated rings. The van der Waals surface area contributed by atoms with Crippen LogP contribution in [-0.2, 0) is 0 Å². The first-order valence-corrected chi connectivity index (χ1v) is 5.86. The largest absolute Gasteiger partial charge is 0.397 e. The van der Waals surface area contributed by atoms with Gasteiger partial charge in [-0.2, -0.15) is 5.10 Å². The predicted octanol–water partition coefficient (Wildman–Crippen LogP) is 0.546. The quantitative estimate of drug-likeness (QED) is 0.652. The van der Waals surface area contributed by atoms with E-state index >= 15 is 0 Å². The van der Waals surface area contributed by atoms with Gasteiger partial charge in [0.15, 0.2) is 5.65 Å². The number of hydrogen-bond acceptors (Lipinski definition) is 6. The Balaban J connectivity index is 2.00. The summed E-state index contributed by atoms with van der Waals surface area (Å²) in [7, 11) is 0. The maximum absolute atomic E-state index is 11.3. The molecule has 7 nitrogen and oxygen atoms in total. The predicted molar refractivity (Wildman–Crippen MR) is 66.4 cm³/mol. The summed E-state index contributed by atoms with van der Waals surface area (Å²) in [6, 6.07) is 3.52. The van der Waals surface area contributed by atoms with Crippen molar-refractivity contribution in [2.45, 2.75) is 9.92 Å². The van der Waals surface area contributed by atoms with E-state index in [0.717, 1.165) is 4.90 Å². The summed E-state index contributed by atoms with van der Waals surface area (Å²) in [4.78, 5) is 20.2. The molecule has 0 amide bonds. The van der Waals surface area contributed by atoms with Gasteiger partial charge in [0.2, 0.25) is 0 Å². The third-order valence-electron chi connectivity index (χ3n) is 2.31. The minimum Gasteiger partial charge on any atom is -0.397 e. The fourth-order valence-corrected chi connectivity index (χ4v) is 2.24. The van der Waals surface area contributed by atoms with Crippen molar-refractivity contribution in [1.29, 1.82) is 0 Å². The maximum atomic E-state index is 11.3. The van der Waals surface area contributed by atoms with E-state index in [1.54, 1.807) is 18.5 Å². The first-order chi connectivity index (χ1) is 8.74. The van der Waals surface area contributed by atoms with Crippen LogP contribution in [0.15, 0.2) is 45.6 Å². The van der Waals surface area contributed by atoms with E-state index < -0.39 is 0 Å². The molecule has 0 aromatic carbocycles. The van der Waals surface area contributed by atoms with Crippen LogP contribution in [-0.4, -0.2) is 24.6 Å². The Bertz CT molecular complexity index is 764. The first-order valence-electron chi connectivity index (χ1n) is 5.04. The number of nitrogens with one attached hydrogen (secondary N) is 1. The highest BCUT2D eigenvalue weighted by Crippen LogP contribution is 2.29. The molecule has 3 N–H and O–H groups in total. The molecule has 0 atom stereocenters. The molecule has 3 aromatic heterocycles. The normalized spacial score (nSPS) is 10.9. The molecule has 0 saturated carbocycles. The second-order valence-corrected chi connectivity index (χ2v) is 4.56. The van der Waals surface area contributed by atoms with Crippen LogP contribution in [0.25, 0.3) is 5.65 Å². The van der Waals surface area contributed by atoms with Crippen LogP contribution in [0, 0.1) is 0 Å². The van der Waals surface area contributed by atoms with Crippen molar-refractivity contribution >= 4 is 23.1 Å². The minimum absolute atomic E-state index is 0.308. The molecule has 3 heterocycles. The molecule has 18 heavy (non-hydrogen) atoms. The van der Waals surface area contributed by atoms with Gasteiger partial charge in [-0.05, 0) is 6.07 Å². The summed E-state index contributed by atoms with van der Waals surface area (Å²) in [5.41, 5.74) is 6.59. The standard InChI is InChI=1S/C10H8N6OS/c11-6-4-12-2-1-7(6)18-9-3-8-14-15-10(17)16(8)5-13-9/h1-5H,11H2,(H,15,17). The van der Waals surface area contributed by atoms with Crippen LogP contribution >= 0.6 is 11.8 Å². The highest BCUT2D eigenvalue weighted by Gasteiger charge is 2.06. The van der Waals surface area contributed by atoms with Gasteiger partial charge in [0.05, 0.1) is 11.9 Å². The Hall–Kier alpha value is -2.35. The number of nitrogens with zero attached hydrogens (tertiary/aromatic N) is 4. The average molecular weight is 260 g/mol. The molecule has 0 radical (unpaired) electrons.